The fraction of sp³-hybridized carbons (Fsp3) is 0. The highest BCUT2D eigenvalue weighted by Crippen LogP contribution is 2.36. The number of phenols is 1. The van der Waals surface area contributed by atoms with Crippen molar-refractivity contribution >= 4 is 68.6 Å². The number of carbonyl (C=O) groups is 1. The van der Waals surface area contributed by atoms with E-state index in [0.29, 0.717) is 9.23 Å². The number of thioether (sulfide) groups is 1. The Morgan fingerprint density at radius 3 is 2.59 bits per heavy atom. The summed E-state index contributed by atoms with van der Waals surface area (Å²) in [5, 5.41) is 9.56. The van der Waals surface area contributed by atoms with E-state index in [1.807, 2.05) is 36.4 Å². The Balaban J connectivity index is 1.93. The summed E-state index contributed by atoms with van der Waals surface area (Å²) in [5.74, 6) is 0.110. The normalized spacial score (nSPS) is 16.6. The average Bonchev–Trinajstić information content (AvgIpc) is 2.78. The average molecular weight is 439 g/mol. The van der Waals surface area contributed by atoms with Crippen LogP contribution in [0.1, 0.15) is 5.56 Å². The molecule has 0 aliphatic carbocycles. The van der Waals surface area contributed by atoms with Crippen molar-refractivity contribution in [3.8, 4) is 5.75 Å². The van der Waals surface area contributed by atoms with Crippen molar-refractivity contribution in [1.82, 2.24) is 0 Å². The summed E-state index contributed by atoms with van der Waals surface area (Å²) in [6.45, 7) is 0. The van der Waals surface area contributed by atoms with Crippen LogP contribution in [0.5, 0.6) is 5.75 Å². The van der Waals surface area contributed by atoms with E-state index < -0.39 is 0 Å². The van der Waals surface area contributed by atoms with Gasteiger partial charge in [-0.1, -0.05) is 48.2 Å². The fourth-order valence-electron chi connectivity index (χ4n) is 2.03. The lowest BCUT2D eigenvalue weighted by molar-refractivity contribution is -0.113. The van der Waals surface area contributed by atoms with Crippen LogP contribution in [0.2, 0.25) is 0 Å². The summed E-state index contributed by atoms with van der Waals surface area (Å²) >= 11 is 8.66. The lowest BCUT2D eigenvalue weighted by Gasteiger charge is -2.13. The maximum Gasteiger partial charge on any atom is 0.270 e. The number of carbonyl (C=O) groups excluding carboxylic acids is 1. The Kier molecular flexibility index (Phi) is 4.51. The van der Waals surface area contributed by atoms with E-state index in [1.54, 1.807) is 18.2 Å². The Hall–Kier alpha value is -1.38. The van der Waals surface area contributed by atoms with E-state index in [9.17, 15) is 9.90 Å². The molecule has 0 unspecified atom stereocenters. The van der Waals surface area contributed by atoms with Gasteiger partial charge in [-0.2, -0.15) is 0 Å². The predicted molar refractivity (Wildman–Crippen MR) is 103 cm³/mol. The topological polar surface area (TPSA) is 40.5 Å². The lowest BCUT2D eigenvalue weighted by Crippen LogP contribution is -2.27. The molecule has 1 aliphatic rings. The number of rotatable bonds is 2. The molecule has 0 radical (unpaired) electrons. The number of hydrogen-bond acceptors (Lipinski definition) is 4. The molecule has 0 bridgehead atoms. The SMILES string of the molecule is O=C1/C(=C/c2ccc(O)c(I)c2)SC(=S)N1c1ccccc1. The van der Waals surface area contributed by atoms with Gasteiger partial charge in [0.1, 0.15) is 5.75 Å². The zero-order valence-electron chi connectivity index (χ0n) is 11.2. The molecule has 1 fully saturated rings. The lowest BCUT2D eigenvalue weighted by atomic mass is 10.2. The van der Waals surface area contributed by atoms with Gasteiger partial charge in [0.15, 0.2) is 4.32 Å². The first kappa shape index (κ1) is 15.5. The van der Waals surface area contributed by atoms with Gasteiger partial charge < -0.3 is 5.11 Å². The van der Waals surface area contributed by atoms with Crippen LogP contribution in [0.25, 0.3) is 6.08 Å². The van der Waals surface area contributed by atoms with Crippen LogP contribution in [0, 0.1) is 3.57 Å². The Bertz CT molecular complexity index is 790. The van der Waals surface area contributed by atoms with Crippen molar-refractivity contribution in [3.63, 3.8) is 0 Å². The first-order chi connectivity index (χ1) is 10.6. The molecule has 0 aromatic heterocycles. The van der Waals surface area contributed by atoms with Crippen molar-refractivity contribution < 1.29 is 9.90 Å². The molecule has 1 amide bonds. The van der Waals surface area contributed by atoms with Crippen LogP contribution in [-0.2, 0) is 4.79 Å². The molecule has 0 spiro atoms. The number of benzene rings is 2. The number of nitrogens with zero attached hydrogens (tertiary/aromatic N) is 1. The second kappa shape index (κ2) is 6.39. The molecule has 6 heteroatoms. The summed E-state index contributed by atoms with van der Waals surface area (Å²) < 4.78 is 1.26. The molecule has 110 valence electrons. The molecule has 22 heavy (non-hydrogen) atoms. The Labute approximate surface area is 151 Å². The largest absolute Gasteiger partial charge is 0.507 e. The number of halogens is 1. The van der Waals surface area contributed by atoms with Gasteiger partial charge in [-0.3, -0.25) is 9.69 Å². The molecule has 3 nitrogen and oxygen atoms in total. The number of anilines is 1. The quantitative estimate of drug-likeness (QED) is 0.428. The molecule has 2 aromatic carbocycles. The van der Waals surface area contributed by atoms with Crippen LogP contribution in [0.3, 0.4) is 0 Å². The molecule has 0 atom stereocenters. The van der Waals surface area contributed by atoms with E-state index in [1.165, 1.54) is 16.7 Å². The van der Waals surface area contributed by atoms with Gasteiger partial charge in [0, 0.05) is 0 Å². The van der Waals surface area contributed by atoms with Crippen molar-refractivity contribution in [3.05, 3.63) is 62.6 Å². The monoisotopic (exact) mass is 439 g/mol. The minimum Gasteiger partial charge on any atom is -0.507 e. The Morgan fingerprint density at radius 1 is 1.18 bits per heavy atom. The van der Waals surface area contributed by atoms with Gasteiger partial charge in [0.25, 0.3) is 5.91 Å². The molecular weight excluding hydrogens is 429 g/mol. The van der Waals surface area contributed by atoms with Crippen molar-refractivity contribution in [1.29, 1.82) is 0 Å². The number of aromatic hydroxyl groups is 1. The van der Waals surface area contributed by atoms with Crippen LogP contribution < -0.4 is 4.90 Å². The fourth-order valence-corrected chi connectivity index (χ4v) is 3.87. The Morgan fingerprint density at radius 2 is 1.91 bits per heavy atom. The van der Waals surface area contributed by atoms with E-state index in [-0.39, 0.29) is 11.7 Å². The van der Waals surface area contributed by atoms with Crippen molar-refractivity contribution in [2.45, 2.75) is 0 Å². The van der Waals surface area contributed by atoms with E-state index in [2.05, 4.69) is 22.6 Å². The first-order valence-corrected chi connectivity index (χ1v) is 8.68. The summed E-state index contributed by atoms with van der Waals surface area (Å²) in [4.78, 5) is 14.7. The molecular formula is C16H10INO2S2. The summed E-state index contributed by atoms with van der Waals surface area (Å²) in [7, 11) is 0. The first-order valence-electron chi connectivity index (χ1n) is 6.38. The van der Waals surface area contributed by atoms with Crippen molar-refractivity contribution in [2.24, 2.45) is 0 Å². The number of amides is 1. The van der Waals surface area contributed by atoms with Gasteiger partial charge in [0.05, 0.1) is 14.2 Å². The molecule has 0 saturated carbocycles. The van der Waals surface area contributed by atoms with E-state index in [0.717, 1.165) is 14.8 Å². The number of hydrogen-bond donors (Lipinski definition) is 1. The number of phenolic OH excluding ortho intramolecular Hbond substituents is 1. The smallest absolute Gasteiger partial charge is 0.270 e. The highest BCUT2D eigenvalue weighted by atomic mass is 127. The van der Waals surface area contributed by atoms with Gasteiger partial charge in [0.2, 0.25) is 0 Å². The van der Waals surface area contributed by atoms with Crippen LogP contribution in [-0.4, -0.2) is 15.3 Å². The molecule has 2 aromatic rings. The van der Waals surface area contributed by atoms with Crippen LogP contribution in [0.4, 0.5) is 5.69 Å². The third kappa shape index (κ3) is 3.04. The third-order valence-corrected chi connectivity index (χ3v) is 5.24. The minimum atomic E-state index is -0.121. The summed E-state index contributed by atoms with van der Waals surface area (Å²) in [6, 6.07) is 14.6. The zero-order valence-corrected chi connectivity index (χ0v) is 15.0. The van der Waals surface area contributed by atoms with Gasteiger partial charge in [-0.05, 0) is 58.5 Å². The van der Waals surface area contributed by atoms with Crippen LogP contribution in [0.15, 0.2) is 53.4 Å². The van der Waals surface area contributed by atoms with Crippen molar-refractivity contribution in [2.75, 3.05) is 4.90 Å². The standard InChI is InChI=1S/C16H10INO2S2/c17-12-8-10(6-7-13(12)19)9-14-15(20)18(16(21)22-14)11-4-2-1-3-5-11/h1-9,19H/b14-9-. The van der Waals surface area contributed by atoms with E-state index in [4.69, 9.17) is 12.2 Å². The summed E-state index contributed by atoms with van der Waals surface area (Å²) in [6.07, 6.45) is 1.80. The molecule has 1 N–H and O–H groups in total. The second-order valence-corrected chi connectivity index (χ2v) is 7.40. The number of thiocarbonyl (C=S) groups is 1. The maximum absolute atomic E-state index is 12.6. The van der Waals surface area contributed by atoms with Gasteiger partial charge >= 0.3 is 0 Å². The highest BCUT2D eigenvalue weighted by molar-refractivity contribution is 14.1. The second-order valence-electron chi connectivity index (χ2n) is 4.56. The molecule has 3 rings (SSSR count). The number of para-hydroxylation sites is 1. The molecule has 1 heterocycles. The summed E-state index contributed by atoms with van der Waals surface area (Å²) in [5.41, 5.74) is 1.63. The van der Waals surface area contributed by atoms with Gasteiger partial charge in [-0.15, -0.1) is 0 Å². The third-order valence-electron chi connectivity index (χ3n) is 3.08. The van der Waals surface area contributed by atoms with Crippen LogP contribution >= 0.6 is 46.6 Å². The molecule has 1 aliphatic heterocycles. The zero-order chi connectivity index (χ0) is 15.7. The van der Waals surface area contributed by atoms with E-state index >= 15 is 0 Å². The maximum atomic E-state index is 12.6. The highest BCUT2D eigenvalue weighted by Gasteiger charge is 2.33. The van der Waals surface area contributed by atoms with Gasteiger partial charge in [-0.25, -0.2) is 0 Å². The minimum absolute atomic E-state index is 0.121. The molecule has 1 saturated heterocycles. The predicted octanol–water partition coefficient (Wildman–Crippen LogP) is 4.40.